The van der Waals surface area contributed by atoms with Gasteiger partial charge in [0.05, 0.1) is 0 Å². The van der Waals surface area contributed by atoms with Gasteiger partial charge in [-0.05, 0) is 30.4 Å². The molecule has 16 heavy (non-hydrogen) atoms. The van der Waals surface area contributed by atoms with E-state index in [4.69, 9.17) is 5.73 Å². The summed E-state index contributed by atoms with van der Waals surface area (Å²) in [6.45, 7) is 6.14. The maximum absolute atomic E-state index is 10.5. The maximum Gasteiger partial charge on any atom is 0.217 e. The highest BCUT2D eigenvalue weighted by Gasteiger charge is 1.96. The van der Waals surface area contributed by atoms with Gasteiger partial charge in [-0.3, -0.25) is 4.79 Å². The van der Waals surface area contributed by atoms with Crippen LogP contribution in [0.2, 0.25) is 0 Å². The molecule has 0 aliphatic carbocycles. The van der Waals surface area contributed by atoms with E-state index in [1.165, 1.54) is 11.1 Å². The van der Waals surface area contributed by atoms with Crippen LogP contribution in [0.15, 0.2) is 24.3 Å². The summed E-state index contributed by atoms with van der Waals surface area (Å²) in [4.78, 5) is 10.5. The molecule has 0 saturated heterocycles. The molecule has 0 heterocycles. The fraction of sp³-hybridized carbons (Fsp3) is 0.500. The molecule has 2 heteroatoms. The van der Waals surface area contributed by atoms with E-state index in [9.17, 15) is 4.79 Å². The van der Waals surface area contributed by atoms with E-state index in [0.717, 1.165) is 19.3 Å². The van der Waals surface area contributed by atoms with Gasteiger partial charge in [0.2, 0.25) is 5.91 Å². The summed E-state index contributed by atoms with van der Waals surface area (Å²) < 4.78 is 0. The van der Waals surface area contributed by atoms with Gasteiger partial charge in [-0.25, -0.2) is 0 Å². The van der Waals surface area contributed by atoms with Crippen LogP contribution in [0.4, 0.5) is 0 Å². The van der Waals surface area contributed by atoms with E-state index in [0.29, 0.717) is 6.42 Å². The largest absolute Gasteiger partial charge is 0.370 e. The molecule has 1 rings (SSSR count). The smallest absolute Gasteiger partial charge is 0.217 e. The summed E-state index contributed by atoms with van der Waals surface area (Å²) in [5, 5.41) is 0. The maximum atomic E-state index is 10.5. The molecule has 0 saturated carbocycles. The fourth-order valence-electron chi connectivity index (χ4n) is 1.41. The van der Waals surface area contributed by atoms with Crippen LogP contribution < -0.4 is 5.73 Å². The zero-order valence-corrected chi connectivity index (χ0v) is 10.6. The first kappa shape index (κ1) is 14.7. The van der Waals surface area contributed by atoms with E-state index >= 15 is 0 Å². The summed E-state index contributed by atoms with van der Waals surface area (Å²) in [7, 11) is 0. The van der Waals surface area contributed by atoms with Crippen LogP contribution in [-0.2, 0) is 17.6 Å². The lowest BCUT2D eigenvalue weighted by atomic mass is 10.1. The van der Waals surface area contributed by atoms with Crippen molar-refractivity contribution in [2.75, 3.05) is 0 Å². The van der Waals surface area contributed by atoms with Crippen molar-refractivity contribution in [2.45, 2.75) is 46.5 Å². The average molecular weight is 221 g/mol. The van der Waals surface area contributed by atoms with Gasteiger partial charge in [-0.1, -0.05) is 45.0 Å². The molecule has 0 bridgehead atoms. The van der Waals surface area contributed by atoms with Crippen molar-refractivity contribution in [1.29, 1.82) is 0 Å². The molecule has 0 spiro atoms. The number of primary amides is 1. The predicted octanol–water partition coefficient (Wildman–Crippen LogP) is 3.08. The molecular weight excluding hydrogens is 198 g/mol. The highest BCUT2D eigenvalue weighted by Crippen LogP contribution is 2.08. The van der Waals surface area contributed by atoms with Crippen molar-refractivity contribution in [3.63, 3.8) is 0 Å². The van der Waals surface area contributed by atoms with E-state index < -0.39 is 0 Å². The Morgan fingerprint density at radius 1 is 1.12 bits per heavy atom. The molecule has 2 nitrogen and oxygen atoms in total. The lowest BCUT2D eigenvalue weighted by Crippen LogP contribution is -2.10. The zero-order chi connectivity index (χ0) is 12.4. The predicted molar refractivity (Wildman–Crippen MR) is 69.3 cm³/mol. The van der Waals surface area contributed by atoms with Crippen molar-refractivity contribution in [3.8, 4) is 0 Å². The number of rotatable bonds is 5. The molecule has 0 unspecified atom stereocenters. The van der Waals surface area contributed by atoms with Gasteiger partial charge >= 0.3 is 0 Å². The zero-order valence-electron chi connectivity index (χ0n) is 10.6. The van der Waals surface area contributed by atoms with Gasteiger partial charge in [-0.2, -0.15) is 0 Å². The normalized spacial score (nSPS) is 9.19. The first-order valence-electron chi connectivity index (χ1n) is 6.08. The Morgan fingerprint density at radius 3 is 2.06 bits per heavy atom. The molecule has 0 aliphatic rings. The van der Waals surface area contributed by atoms with Gasteiger partial charge in [0.1, 0.15) is 0 Å². The van der Waals surface area contributed by atoms with E-state index in [-0.39, 0.29) is 5.91 Å². The monoisotopic (exact) mass is 221 g/mol. The number of carbonyl (C=O) groups is 1. The second kappa shape index (κ2) is 8.96. The van der Waals surface area contributed by atoms with Gasteiger partial charge in [0.15, 0.2) is 0 Å². The molecule has 0 atom stereocenters. The van der Waals surface area contributed by atoms with Crippen LogP contribution in [0.25, 0.3) is 0 Å². The summed E-state index contributed by atoms with van der Waals surface area (Å²) in [5.74, 6) is -0.213. The summed E-state index contributed by atoms with van der Waals surface area (Å²) in [6, 6.07) is 8.53. The minimum Gasteiger partial charge on any atom is -0.370 e. The highest BCUT2D eigenvalue weighted by molar-refractivity contribution is 5.73. The van der Waals surface area contributed by atoms with Crippen molar-refractivity contribution in [1.82, 2.24) is 0 Å². The molecule has 0 aromatic heterocycles. The van der Waals surface area contributed by atoms with Crippen LogP contribution in [0.1, 0.15) is 44.7 Å². The number of carbonyl (C=O) groups excluding carboxylic acids is 1. The van der Waals surface area contributed by atoms with Crippen LogP contribution in [0, 0.1) is 0 Å². The highest BCUT2D eigenvalue weighted by atomic mass is 16.1. The minimum absolute atomic E-state index is 0.213. The molecule has 1 aromatic rings. The Morgan fingerprint density at radius 2 is 1.62 bits per heavy atom. The standard InChI is InChI=1S/C12H17NO.C2H6/c1-2-10-6-8-11(9-7-10)4-3-5-12(13)14;1-2/h6-9H,2-5H2,1H3,(H2,13,14);1-2H3. The van der Waals surface area contributed by atoms with Crippen molar-refractivity contribution < 1.29 is 4.79 Å². The molecule has 0 radical (unpaired) electrons. The molecule has 90 valence electrons. The Balaban J connectivity index is 0.00000106. The quantitative estimate of drug-likeness (QED) is 0.815. The molecule has 1 aromatic carbocycles. The molecule has 0 fully saturated rings. The Hall–Kier alpha value is -1.31. The number of hydrogen-bond donors (Lipinski definition) is 1. The summed E-state index contributed by atoms with van der Waals surface area (Å²) in [6.07, 6.45) is 3.34. The molecule has 2 N–H and O–H groups in total. The third-order valence-electron chi connectivity index (χ3n) is 2.32. The Kier molecular flexibility index (Phi) is 8.22. The first-order valence-corrected chi connectivity index (χ1v) is 6.08. The second-order valence-electron chi connectivity index (χ2n) is 3.49. The first-order chi connectivity index (χ1) is 7.72. The molecular formula is C14H23NO. The van der Waals surface area contributed by atoms with Gasteiger partial charge in [0, 0.05) is 6.42 Å². The Bertz CT molecular complexity index is 290. The summed E-state index contributed by atoms with van der Waals surface area (Å²) in [5.41, 5.74) is 7.69. The average Bonchev–Trinajstić information content (AvgIpc) is 2.32. The van der Waals surface area contributed by atoms with E-state index in [1.54, 1.807) is 0 Å². The molecule has 1 amide bonds. The third-order valence-corrected chi connectivity index (χ3v) is 2.32. The lowest BCUT2D eigenvalue weighted by molar-refractivity contribution is -0.118. The SMILES string of the molecule is CC.CCc1ccc(CCCC(N)=O)cc1. The summed E-state index contributed by atoms with van der Waals surface area (Å²) >= 11 is 0. The van der Waals surface area contributed by atoms with Crippen molar-refractivity contribution in [3.05, 3.63) is 35.4 Å². The minimum atomic E-state index is -0.213. The number of hydrogen-bond acceptors (Lipinski definition) is 1. The number of nitrogens with two attached hydrogens (primary N) is 1. The number of benzene rings is 1. The fourth-order valence-corrected chi connectivity index (χ4v) is 1.41. The van der Waals surface area contributed by atoms with Gasteiger partial charge in [0.25, 0.3) is 0 Å². The van der Waals surface area contributed by atoms with Crippen LogP contribution in [-0.4, -0.2) is 5.91 Å². The second-order valence-corrected chi connectivity index (χ2v) is 3.49. The van der Waals surface area contributed by atoms with Gasteiger partial charge in [-0.15, -0.1) is 0 Å². The van der Waals surface area contributed by atoms with Gasteiger partial charge < -0.3 is 5.73 Å². The molecule has 0 aliphatic heterocycles. The van der Waals surface area contributed by atoms with Crippen LogP contribution in [0.3, 0.4) is 0 Å². The van der Waals surface area contributed by atoms with E-state index in [1.807, 2.05) is 13.8 Å². The van der Waals surface area contributed by atoms with Crippen molar-refractivity contribution >= 4 is 5.91 Å². The van der Waals surface area contributed by atoms with Crippen LogP contribution in [0.5, 0.6) is 0 Å². The lowest BCUT2D eigenvalue weighted by Gasteiger charge is -2.01. The van der Waals surface area contributed by atoms with Crippen molar-refractivity contribution in [2.24, 2.45) is 5.73 Å². The topological polar surface area (TPSA) is 43.1 Å². The third kappa shape index (κ3) is 6.23. The number of amides is 1. The number of aryl methyl sites for hydroxylation is 2. The van der Waals surface area contributed by atoms with Crippen LogP contribution >= 0.6 is 0 Å². The van der Waals surface area contributed by atoms with E-state index in [2.05, 4.69) is 31.2 Å². The Labute approximate surface area is 98.9 Å².